The SMILES string of the molecule is CCCC1CCC(CN)(N(C)CCC(C)C)CC1. The van der Waals surface area contributed by atoms with E-state index in [-0.39, 0.29) is 0 Å². The molecule has 0 heterocycles. The second-order valence-corrected chi connectivity index (χ2v) is 6.76. The summed E-state index contributed by atoms with van der Waals surface area (Å²) in [5, 5.41) is 0. The molecular formula is C16H34N2. The quantitative estimate of drug-likeness (QED) is 0.751. The van der Waals surface area contributed by atoms with Crippen molar-refractivity contribution in [2.45, 2.75) is 71.3 Å². The van der Waals surface area contributed by atoms with Gasteiger partial charge in [-0.05, 0) is 57.5 Å². The van der Waals surface area contributed by atoms with Crippen molar-refractivity contribution >= 4 is 0 Å². The number of hydrogen-bond acceptors (Lipinski definition) is 2. The molecule has 0 amide bonds. The summed E-state index contributed by atoms with van der Waals surface area (Å²) in [5.41, 5.74) is 6.43. The standard InChI is InChI=1S/C16H34N2/c1-5-6-15-7-10-16(13-17,11-8-15)18(4)12-9-14(2)3/h14-15H,5-13,17H2,1-4H3. The van der Waals surface area contributed by atoms with Crippen LogP contribution in [0.2, 0.25) is 0 Å². The average Bonchev–Trinajstić information content (AvgIpc) is 2.37. The van der Waals surface area contributed by atoms with Crippen LogP contribution in [-0.2, 0) is 0 Å². The summed E-state index contributed by atoms with van der Waals surface area (Å²) in [4.78, 5) is 2.56. The summed E-state index contributed by atoms with van der Waals surface area (Å²) in [6, 6.07) is 0. The molecule has 0 aliphatic heterocycles. The van der Waals surface area contributed by atoms with E-state index in [4.69, 9.17) is 5.73 Å². The number of rotatable bonds is 7. The van der Waals surface area contributed by atoms with Crippen molar-refractivity contribution in [1.82, 2.24) is 4.90 Å². The minimum absolute atomic E-state index is 0.305. The van der Waals surface area contributed by atoms with E-state index < -0.39 is 0 Å². The molecule has 1 saturated carbocycles. The van der Waals surface area contributed by atoms with Crippen LogP contribution in [0.15, 0.2) is 0 Å². The first-order valence-corrected chi connectivity index (χ1v) is 7.95. The van der Waals surface area contributed by atoms with Gasteiger partial charge in [-0.1, -0.05) is 33.6 Å². The molecular weight excluding hydrogens is 220 g/mol. The van der Waals surface area contributed by atoms with E-state index in [9.17, 15) is 0 Å². The number of nitrogens with two attached hydrogens (primary N) is 1. The lowest BCUT2D eigenvalue weighted by molar-refractivity contribution is 0.0595. The molecule has 18 heavy (non-hydrogen) atoms. The first kappa shape index (κ1) is 16.0. The molecule has 0 aromatic rings. The van der Waals surface area contributed by atoms with Gasteiger partial charge in [0.2, 0.25) is 0 Å². The molecule has 1 fully saturated rings. The lowest BCUT2D eigenvalue weighted by atomic mass is 9.74. The molecule has 108 valence electrons. The van der Waals surface area contributed by atoms with Gasteiger partial charge < -0.3 is 5.73 Å². The minimum Gasteiger partial charge on any atom is -0.329 e. The summed E-state index contributed by atoms with van der Waals surface area (Å²) in [5.74, 6) is 1.76. The van der Waals surface area contributed by atoms with Gasteiger partial charge in [0, 0.05) is 12.1 Å². The van der Waals surface area contributed by atoms with E-state index in [0.29, 0.717) is 5.54 Å². The van der Waals surface area contributed by atoms with Crippen molar-refractivity contribution in [3.05, 3.63) is 0 Å². The molecule has 0 saturated heterocycles. The smallest absolute Gasteiger partial charge is 0.0328 e. The number of likely N-dealkylation sites (N-methyl/N-ethyl adjacent to an activating group) is 1. The van der Waals surface area contributed by atoms with E-state index in [1.807, 2.05) is 0 Å². The Bertz CT molecular complexity index is 217. The summed E-state index contributed by atoms with van der Waals surface area (Å²) < 4.78 is 0. The molecule has 1 aliphatic rings. The van der Waals surface area contributed by atoms with Crippen molar-refractivity contribution in [3.8, 4) is 0 Å². The molecule has 0 atom stereocenters. The van der Waals surface area contributed by atoms with Crippen molar-refractivity contribution in [2.75, 3.05) is 20.1 Å². The Kier molecular flexibility index (Phi) is 6.65. The normalized spacial score (nSPS) is 29.2. The van der Waals surface area contributed by atoms with Gasteiger partial charge in [0.15, 0.2) is 0 Å². The minimum atomic E-state index is 0.305. The van der Waals surface area contributed by atoms with Crippen molar-refractivity contribution in [3.63, 3.8) is 0 Å². The van der Waals surface area contributed by atoms with Crippen LogP contribution in [0.5, 0.6) is 0 Å². The topological polar surface area (TPSA) is 29.3 Å². The van der Waals surface area contributed by atoms with Crippen LogP contribution in [0.25, 0.3) is 0 Å². The zero-order chi connectivity index (χ0) is 13.6. The highest BCUT2D eigenvalue weighted by molar-refractivity contribution is 4.94. The third-order valence-corrected chi connectivity index (χ3v) is 4.96. The molecule has 2 nitrogen and oxygen atoms in total. The second kappa shape index (κ2) is 7.49. The Hall–Kier alpha value is -0.0800. The fourth-order valence-corrected chi connectivity index (χ4v) is 3.34. The van der Waals surface area contributed by atoms with E-state index in [1.165, 1.54) is 51.5 Å². The molecule has 1 rings (SSSR count). The zero-order valence-corrected chi connectivity index (χ0v) is 13.0. The Morgan fingerprint density at radius 3 is 2.33 bits per heavy atom. The average molecular weight is 254 g/mol. The van der Waals surface area contributed by atoms with E-state index >= 15 is 0 Å². The van der Waals surface area contributed by atoms with Crippen LogP contribution in [0.1, 0.15) is 65.7 Å². The third kappa shape index (κ3) is 4.24. The van der Waals surface area contributed by atoms with Crippen molar-refractivity contribution in [1.29, 1.82) is 0 Å². The maximum absolute atomic E-state index is 6.12. The maximum atomic E-state index is 6.12. The predicted octanol–water partition coefficient (Wildman–Crippen LogP) is 3.65. The lowest BCUT2D eigenvalue weighted by Gasteiger charge is -2.46. The molecule has 0 radical (unpaired) electrons. The monoisotopic (exact) mass is 254 g/mol. The Labute approximate surface area is 114 Å². The Balaban J connectivity index is 2.48. The fourth-order valence-electron chi connectivity index (χ4n) is 3.34. The summed E-state index contributed by atoms with van der Waals surface area (Å²) in [6.45, 7) is 8.95. The molecule has 2 N–H and O–H groups in total. The first-order chi connectivity index (χ1) is 8.54. The summed E-state index contributed by atoms with van der Waals surface area (Å²) >= 11 is 0. The van der Waals surface area contributed by atoms with Crippen molar-refractivity contribution in [2.24, 2.45) is 17.6 Å². The lowest BCUT2D eigenvalue weighted by Crippen LogP contribution is -2.54. The maximum Gasteiger partial charge on any atom is 0.0328 e. The Morgan fingerprint density at radius 1 is 1.28 bits per heavy atom. The fraction of sp³-hybridized carbons (Fsp3) is 1.00. The van der Waals surface area contributed by atoms with Crippen LogP contribution >= 0.6 is 0 Å². The highest BCUT2D eigenvalue weighted by Crippen LogP contribution is 2.37. The van der Waals surface area contributed by atoms with Gasteiger partial charge in [-0.2, -0.15) is 0 Å². The predicted molar refractivity (Wildman–Crippen MR) is 80.7 cm³/mol. The van der Waals surface area contributed by atoms with Gasteiger partial charge in [0.05, 0.1) is 0 Å². The van der Waals surface area contributed by atoms with Gasteiger partial charge >= 0.3 is 0 Å². The number of hydrogen-bond donors (Lipinski definition) is 1. The molecule has 2 heteroatoms. The second-order valence-electron chi connectivity index (χ2n) is 6.76. The molecule has 0 bridgehead atoms. The van der Waals surface area contributed by atoms with Gasteiger partial charge in [0.25, 0.3) is 0 Å². The third-order valence-electron chi connectivity index (χ3n) is 4.96. The van der Waals surface area contributed by atoms with E-state index in [2.05, 4.69) is 32.7 Å². The molecule has 0 unspecified atom stereocenters. The summed E-state index contributed by atoms with van der Waals surface area (Å²) in [6.07, 6.45) is 9.43. The first-order valence-electron chi connectivity index (χ1n) is 7.95. The summed E-state index contributed by atoms with van der Waals surface area (Å²) in [7, 11) is 2.29. The van der Waals surface area contributed by atoms with Crippen LogP contribution in [0.3, 0.4) is 0 Å². The van der Waals surface area contributed by atoms with Gasteiger partial charge in [-0.15, -0.1) is 0 Å². The van der Waals surface area contributed by atoms with Gasteiger partial charge in [-0.3, -0.25) is 4.90 Å². The highest BCUT2D eigenvalue weighted by Gasteiger charge is 2.36. The van der Waals surface area contributed by atoms with Crippen molar-refractivity contribution < 1.29 is 0 Å². The Morgan fingerprint density at radius 2 is 1.89 bits per heavy atom. The van der Waals surface area contributed by atoms with Crippen LogP contribution in [0.4, 0.5) is 0 Å². The zero-order valence-electron chi connectivity index (χ0n) is 13.0. The van der Waals surface area contributed by atoms with Crippen LogP contribution in [0, 0.1) is 11.8 Å². The van der Waals surface area contributed by atoms with Gasteiger partial charge in [-0.25, -0.2) is 0 Å². The highest BCUT2D eigenvalue weighted by atomic mass is 15.2. The molecule has 0 spiro atoms. The van der Waals surface area contributed by atoms with Crippen LogP contribution in [-0.4, -0.2) is 30.6 Å². The van der Waals surface area contributed by atoms with Crippen LogP contribution < -0.4 is 5.73 Å². The van der Waals surface area contributed by atoms with E-state index in [1.54, 1.807) is 0 Å². The molecule has 1 aliphatic carbocycles. The number of nitrogens with zero attached hydrogens (tertiary/aromatic N) is 1. The largest absolute Gasteiger partial charge is 0.329 e. The van der Waals surface area contributed by atoms with Gasteiger partial charge in [0.1, 0.15) is 0 Å². The van der Waals surface area contributed by atoms with E-state index in [0.717, 1.165) is 18.4 Å². The molecule has 0 aromatic carbocycles. The molecule has 0 aromatic heterocycles.